The summed E-state index contributed by atoms with van der Waals surface area (Å²) in [5.41, 5.74) is 2.44. The molecule has 0 aliphatic heterocycles. The van der Waals surface area contributed by atoms with Gasteiger partial charge in [0.1, 0.15) is 11.9 Å². The predicted octanol–water partition coefficient (Wildman–Crippen LogP) is 3.04. The van der Waals surface area contributed by atoms with Crippen LogP contribution in [0.1, 0.15) is 24.5 Å². The van der Waals surface area contributed by atoms with Gasteiger partial charge in [0.05, 0.1) is 11.9 Å². The van der Waals surface area contributed by atoms with Crippen LogP contribution in [0, 0.1) is 12.7 Å². The van der Waals surface area contributed by atoms with Gasteiger partial charge in [-0.25, -0.2) is 12.8 Å². The maximum absolute atomic E-state index is 12.9. The second kappa shape index (κ2) is 8.99. The highest BCUT2D eigenvalue weighted by molar-refractivity contribution is 7.92. The number of benzene rings is 2. The molecular weight excluding hydrogens is 367 g/mol. The van der Waals surface area contributed by atoms with E-state index in [4.69, 9.17) is 0 Å². The highest BCUT2D eigenvalue weighted by Gasteiger charge is 2.28. The summed E-state index contributed by atoms with van der Waals surface area (Å²) in [4.78, 5) is 12.5. The van der Waals surface area contributed by atoms with Crippen molar-refractivity contribution in [3.05, 3.63) is 65.5 Å². The van der Waals surface area contributed by atoms with E-state index in [0.717, 1.165) is 21.7 Å². The molecule has 0 fully saturated rings. The third-order valence-electron chi connectivity index (χ3n) is 4.23. The Morgan fingerprint density at radius 3 is 2.26 bits per heavy atom. The molecule has 0 radical (unpaired) electrons. The first kappa shape index (κ1) is 20.9. The molecule has 2 rings (SSSR count). The quantitative estimate of drug-likeness (QED) is 0.702. The van der Waals surface area contributed by atoms with Crippen molar-refractivity contribution < 1.29 is 17.6 Å². The van der Waals surface area contributed by atoms with Crippen molar-refractivity contribution in [2.24, 2.45) is 0 Å². The number of hydrogen-bond acceptors (Lipinski definition) is 3. The Morgan fingerprint density at radius 1 is 1.11 bits per heavy atom. The van der Waals surface area contributed by atoms with Crippen molar-refractivity contribution in [2.75, 3.05) is 17.1 Å². The summed E-state index contributed by atoms with van der Waals surface area (Å²) in [6.45, 7) is 3.88. The molecule has 0 saturated carbocycles. The predicted molar refractivity (Wildman–Crippen MR) is 106 cm³/mol. The molecule has 0 heterocycles. The van der Waals surface area contributed by atoms with E-state index in [9.17, 15) is 17.6 Å². The molecule has 0 aromatic heterocycles. The Labute approximate surface area is 160 Å². The van der Waals surface area contributed by atoms with Gasteiger partial charge in [-0.05, 0) is 56.5 Å². The molecule has 0 spiro atoms. The van der Waals surface area contributed by atoms with Crippen LogP contribution in [0.5, 0.6) is 0 Å². The number of nitrogens with zero attached hydrogens (tertiary/aromatic N) is 1. The number of carbonyl (C=O) groups excluding carboxylic acids is 1. The largest absolute Gasteiger partial charge is 0.354 e. The normalized spacial score (nSPS) is 12.4. The second-order valence-corrected chi connectivity index (χ2v) is 8.45. The second-order valence-electron chi connectivity index (χ2n) is 6.59. The fourth-order valence-corrected chi connectivity index (χ4v) is 3.98. The van der Waals surface area contributed by atoms with E-state index < -0.39 is 16.1 Å². The first-order chi connectivity index (χ1) is 12.7. The van der Waals surface area contributed by atoms with Gasteiger partial charge >= 0.3 is 0 Å². The number of sulfonamides is 1. The van der Waals surface area contributed by atoms with Gasteiger partial charge in [0, 0.05) is 6.54 Å². The van der Waals surface area contributed by atoms with E-state index in [1.54, 1.807) is 43.3 Å². The molecular formula is C20H25FN2O3S. The van der Waals surface area contributed by atoms with Gasteiger partial charge in [0.15, 0.2) is 0 Å². The smallest absolute Gasteiger partial charge is 0.243 e. The molecule has 2 aromatic carbocycles. The minimum absolute atomic E-state index is 0.280. The van der Waals surface area contributed by atoms with Crippen LogP contribution in [0.2, 0.25) is 0 Å². The van der Waals surface area contributed by atoms with Crippen molar-refractivity contribution in [1.29, 1.82) is 0 Å². The topological polar surface area (TPSA) is 66.5 Å². The maximum atomic E-state index is 12.9. The van der Waals surface area contributed by atoms with Gasteiger partial charge in [-0.15, -0.1) is 0 Å². The molecule has 1 atom stereocenters. The van der Waals surface area contributed by atoms with E-state index in [1.165, 1.54) is 12.1 Å². The molecule has 0 aliphatic carbocycles. The molecule has 2 aromatic rings. The Hall–Kier alpha value is -2.41. The molecule has 1 N–H and O–H groups in total. The minimum atomic E-state index is -3.62. The molecule has 0 aliphatic rings. The average molecular weight is 392 g/mol. The van der Waals surface area contributed by atoms with Gasteiger partial charge in [0.25, 0.3) is 0 Å². The molecule has 7 heteroatoms. The third-order valence-corrected chi connectivity index (χ3v) is 5.47. The number of amides is 1. The molecule has 1 amide bonds. The third kappa shape index (κ3) is 6.06. The number of halogens is 1. The van der Waals surface area contributed by atoms with Crippen LogP contribution in [0.15, 0.2) is 48.5 Å². The lowest BCUT2D eigenvalue weighted by Crippen LogP contribution is -2.48. The fourth-order valence-electron chi connectivity index (χ4n) is 2.80. The van der Waals surface area contributed by atoms with Gasteiger partial charge in [-0.1, -0.05) is 29.8 Å². The number of carbonyl (C=O) groups is 1. The molecule has 27 heavy (non-hydrogen) atoms. The van der Waals surface area contributed by atoms with Crippen molar-refractivity contribution in [3.63, 3.8) is 0 Å². The molecule has 0 bridgehead atoms. The van der Waals surface area contributed by atoms with E-state index >= 15 is 0 Å². The first-order valence-corrected chi connectivity index (χ1v) is 10.6. The summed E-state index contributed by atoms with van der Waals surface area (Å²) in [5, 5.41) is 2.78. The van der Waals surface area contributed by atoms with Crippen molar-refractivity contribution in [1.82, 2.24) is 5.32 Å². The highest BCUT2D eigenvalue weighted by atomic mass is 32.2. The zero-order chi connectivity index (χ0) is 20.0. The van der Waals surface area contributed by atoms with Gasteiger partial charge in [-0.3, -0.25) is 9.10 Å². The summed E-state index contributed by atoms with van der Waals surface area (Å²) in [5.74, 6) is -0.641. The van der Waals surface area contributed by atoms with Crippen molar-refractivity contribution in [2.45, 2.75) is 32.7 Å². The molecule has 5 nitrogen and oxygen atoms in total. The Kier molecular flexibility index (Phi) is 6.96. The van der Waals surface area contributed by atoms with Gasteiger partial charge in [0.2, 0.25) is 15.9 Å². The zero-order valence-corrected chi connectivity index (χ0v) is 16.6. The lowest BCUT2D eigenvalue weighted by Gasteiger charge is -2.28. The summed E-state index contributed by atoms with van der Waals surface area (Å²) in [6, 6.07) is 12.4. The standard InChI is InChI=1S/C20H25FN2O3S/c1-15-6-12-19(13-7-15)23(27(3,25)26)16(2)20(24)22-14-4-5-17-8-10-18(21)11-9-17/h6-13,16H,4-5,14H2,1-3H3,(H,22,24)/t16-/m0/s1. The lowest BCUT2D eigenvalue weighted by atomic mass is 10.1. The number of hydrogen-bond donors (Lipinski definition) is 1. The van der Waals surface area contributed by atoms with Crippen LogP contribution in [0.4, 0.5) is 10.1 Å². The van der Waals surface area contributed by atoms with Crippen molar-refractivity contribution >= 4 is 21.6 Å². The molecule has 0 unspecified atom stereocenters. The lowest BCUT2D eigenvalue weighted by molar-refractivity contribution is -0.121. The minimum Gasteiger partial charge on any atom is -0.354 e. The summed E-state index contributed by atoms with van der Waals surface area (Å²) in [7, 11) is -3.62. The maximum Gasteiger partial charge on any atom is 0.243 e. The molecule has 146 valence electrons. The van der Waals surface area contributed by atoms with E-state index in [2.05, 4.69) is 5.32 Å². The van der Waals surface area contributed by atoms with Crippen molar-refractivity contribution in [3.8, 4) is 0 Å². The van der Waals surface area contributed by atoms with E-state index in [-0.39, 0.29) is 11.7 Å². The van der Waals surface area contributed by atoms with Crippen LogP contribution in [0.3, 0.4) is 0 Å². The number of aryl methyl sites for hydroxylation is 2. The van der Waals surface area contributed by atoms with Crippen LogP contribution in [-0.4, -0.2) is 33.2 Å². The zero-order valence-electron chi connectivity index (χ0n) is 15.8. The summed E-state index contributed by atoms with van der Waals surface area (Å²) < 4.78 is 38.5. The van der Waals surface area contributed by atoms with E-state index in [0.29, 0.717) is 25.1 Å². The SMILES string of the molecule is Cc1ccc(N([C@@H](C)C(=O)NCCCc2ccc(F)cc2)S(C)(=O)=O)cc1. The van der Waals surface area contributed by atoms with Crippen LogP contribution in [0.25, 0.3) is 0 Å². The molecule has 0 saturated heterocycles. The Morgan fingerprint density at radius 2 is 1.70 bits per heavy atom. The Balaban J connectivity index is 1.96. The summed E-state index contributed by atoms with van der Waals surface area (Å²) in [6.07, 6.45) is 2.46. The fraction of sp³-hybridized carbons (Fsp3) is 0.350. The van der Waals surface area contributed by atoms with Crippen LogP contribution in [-0.2, 0) is 21.2 Å². The first-order valence-electron chi connectivity index (χ1n) is 8.76. The van der Waals surface area contributed by atoms with Crippen LogP contribution < -0.4 is 9.62 Å². The van der Waals surface area contributed by atoms with E-state index in [1.807, 2.05) is 6.92 Å². The number of nitrogens with one attached hydrogen (secondary N) is 1. The highest BCUT2D eigenvalue weighted by Crippen LogP contribution is 2.21. The monoisotopic (exact) mass is 392 g/mol. The summed E-state index contributed by atoms with van der Waals surface area (Å²) >= 11 is 0. The van der Waals surface area contributed by atoms with Crippen LogP contribution >= 0.6 is 0 Å². The van der Waals surface area contributed by atoms with Gasteiger partial charge < -0.3 is 5.32 Å². The average Bonchev–Trinajstić information content (AvgIpc) is 2.60. The number of rotatable bonds is 8. The van der Waals surface area contributed by atoms with Gasteiger partial charge in [-0.2, -0.15) is 0 Å². The Bertz CT molecular complexity index is 865. The number of anilines is 1.